The van der Waals surface area contributed by atoms with E-state index in [0.717, 1.165) is 6.42 Å². The van der Waals surface area contributed by atoms with E-state index in [4.69, 9.17) is 0 Å². The van der Waals surface area contributed by atoms with Gasteiger partial charge < -0.3 is 9.13 Å². The molecule has 0 spiro atoms. The van der Waals surface area contributed by atoms with Crippen molar-refractivity contribution in [3.05, 3.63) is 11.8 Å². The second-order valence-corrected chi connectivity index (χ2v) is 7.46. The van der Waals surface area contributed by atoms with E-state index in [-0.39, 0.29) is 0 Å². The average molecular weight is 284 g/mol. The molecule has 0 atom stereocenters. The zero-order valence-corrected chi connectivity index (χ0v) is 14.9. The van der Waals surface area contributed by atoms with Gasteiger partial charge in [-0.15, -0.1) is 0 Å². The van der Waals surface area contributed by atoms with Crippen LogP contribution >= 0.6 is 0 Å². The Morgan fingerprint density at radius 1 is 0.684 bits per heavy atom. The van der Waals surface area contributed by atoms with Crippen molar-refractivity contribution in [2.45, 2.75) is 66.7 Å². The summed E-state index contributed by atoms with van der Waals surface area (Å²) in [7, 11) is -0.648. The molecule has 1 radical (unpaired) electrons. The van der Waals surface area contributed by atoms with Crippen molar-refractivity contribution in [1.82, 2.24) is 9.13 Å². The normalized spacial score (nSPS) is 12.4. The molecule has 0 aliphatic carbocycles. The van der Waals surface area contributed by atoms with Crippen molar-refractivity contribution in [2.75, 3.05) is 26.2 Å². The minimum Gasteiger partial charge on any atom is -0.308 e. The molecule has 0 N–H and O–H groups in total. The van der Waals surface area contributed by atoms with Crippen molar-refractivity contribution in [3.63, 3.8) is 0 Å². The fraction of sp³-hybridized carbons (Fsp3) is 0.875. The number of rotatable bonds is 12. The molecule has 0 rings (SSSR count). The first-order chi connectivity index (χ1) is 9.24. The van der Waals surface area contributed by atoms with Crippen LogP contribution in [0.15, 0.2) is 11.8 Å². The van der Waals surface area contributed by atoms with Crippen LogP contribution in [0.4, 0.5) is 0 Å². The minimum atomic E-state index is -0.648. The van der Waals surface area contributed by atoms with Gasteiger partial charge in [0.15, 0.2) is 0 Å². The molecule has 0 bridgehead atoms. The van der Waals surface area contributed by atoms with Gasteiger partial charge in [-0.1, -0.05) is 46.4 Å². The first-order valence-electron chi connectivity index (χ1n) is 8.28. The standard InChI is InChI=1S/C16H35N2Si/c1-6-11-16-19(17(12-7-2)13-8-3)18(14-9-4)15-10-5/h11,16H,6-10,12-15H2,1-5H3. The van der Waals surface area contributed by atoms with E-state index in [9.17, 15) is 0 Å². The third-order valence-corrected chi connectivity index (χ3v) is 5.85. The van der Waals surface area contributed by atoms with Gasteiger partial charge in [-0.3, -0.25) is 0 Å². The Bertz CT molecular complexity index is 191. The Morgan fingerprint density at radius 3 is 1.32 bits per heavy atom. The summed E-state index contributed by atoms with van der Waals surface area (Å²) in [6.45, 7) is 16.4. The molecule has 0 aliphatic rings. The molecule has 0 aliphatic heterocycles. The Kier molecular flexibility index (Phi) is 12.8. The molecule has 0 amide bonds. The molecule has 0 saturated carbocycles. The molecular formula is C16H35N2Si. The third-order valence-electron chi connectivity index (χ3n) is 3.12. The van der Waals surface area contributed by atoms with Gasteiger partial charge in [-0.25, -0.2) is 0 Å². The summed E-state index contributed by atoms with van der Waals surface area (Å²) in [6.07, 6.45) is 8.60. The summed E-state index contributed by atoms with van der Waals surface area (Å²) < 4.78 is 5.50. The Hall–Kier alpha value is -0.123. The number of hydrogen-bond acceptors (Lipinski definition) is 2. The summed E-state index contributed by atoms with van der Waals surface area (Å²) >= 11 is 0. The van der Waals surface area contributed by atoms with E-state index in [2.05, 4.69) is 55.5 Å². The third kappa shape index (κ3) is 7.90. The van der Waals surface area contributed by atoms with Crippen LogP contribution in [-0.4, -0.2) is 44.4 Å². The molecule has 0 aromatic carbocycles. The van der Waals surface area contributed by atoms with Crippen molar-refractivity contribution in [1.29, 1.82) is 0 Å². The first-order valence-corrected chi connectivity index (χ1v) is 9.75. The molecule has 19 heavy (non-hydrogen) atoms. The molecule has 0 unspecified atom stereocenters. The van der Waals surface area contributed by atoms with E-state index in [0.29, 0.717) is 0 Å². The van der Waals surface area contributed by atoms with Crippen LogP contribution in [0.25, 0.3) is 0 Å². The smallest absolute Gasteiger partial charge is 0.258 e. The van der Waals surface area contributed by atoms with E-state index >= 15 is 0 Å². The van der Waals surface area contributed by atoms with Gasteiger partial charge in [0.05, 0.1) is 0 Å². The molecule has 2 nitrogen and oxygen atoms in total. The lowest BCUT2D eigenvalue weighted by atomic mass is 10.4. The number of nitrogens with zero attached hydrogens (tertiary/aromatic N) is 2. The molecule has 0 saturated heterocycles. The summed E-state index contributed by atoms with van der Waals surface area (Å²) in [4.78, 5) is 0. The average Bonchev–Trinajstić information content (AvgIpc) is 2.40. The summed E-state index contributed by atoms with van der Waals surface area (Å²) in [5, 5.41) is 0. The summed E-state index contributed by atoms with van der Waals surface area (Å²) in [5.41, 5.74) is 2.53. The fourth-order valence-electron chi connectivity index (χ4n) is 2.40. The van der Waals surface area contributed by atoms with E-state index in [1.807, 2.05) is 0 Å². The highest BCUT2D eigenvalue weighted by atomic mass is 28.3. The lowest BCUT2D eigenvalue weighted by molar-refractivity contribution is 0.346. The van der Waals surface area contributed by atoms with Crippen molar-refractivity contribution in [2.24, 2.45) is 0 Å². The number of allylic oxidation sites excluding steroid dienone is 1. The molecule has 113 valence electrons. The highest BCUT2D eigenvalue weighted by molar-refractivity contribution is 6.58. The fourth-order valence-corrected chi connectivity index (χ4v) is 5.47. The molecule has 3 heteroatoms. The van der Waals surface area contributed by atoms with Crippen LogP contribution in [0.5, 0.6) is 0 Å². The topological polar surface area (TPSA) is 6.48 Å². The Labute approximate surface area is 123 Å². The maximum atomic E-state index is 2.75. The monoisotopic (exact) mass is 283 g/mol. The zero-order valence-electron chi connectivity index (χ0n) is 13.9. The van der Waals surface area contributed by atoms with Gasteiger partial charge >= 0.3 is 0 Å². The molecular weight excluding hydrogens is 248 g/mol. The second-order valence-electron chi connectivity index (χ2n) is 5.14. The largest absolute Gasteiger partial charge is 0.308 e. The molecule has 0 heterocycles. The van der Waals surface area contributed by atoms with Crippen molar-refractivity contribution in [3.8, 4) is 0 Å². The molecule has 0 aromatic heterocycles. The van der Waals surface area contributed by atoms with E-state index in [1.54, 1.807) is 0 Å². The van der Waals surface area contributed by atoms with Crippen LogP contribution in [0.1, 0.15) is 66.7 Å². The molecule has 0 fully saturated rings. The van der Waals surface area contributed by atoms with Crippen molar-refractivity contribution >= 4 is 9.12 Å². The highest BCUT2D eigenvalue weighted by Crippen LogP contribution is 2.09. The Morgan fingerprint density at radius 2 is 1.05 bits per heavy atom. The van der Waals surface area contributed by atoms with Gasteiger partial charge in [-0.2, -0.15) is 0 Å². The lowest BCUT2D eigenvalue weighted by Crippen LogP contribution is -2.53. The van der Waals surface area contributed by atoms with Crippen LogP contribution in [0.2, 0.25) is 0 Å². The van der Waals surface area contributed by atoms with E-state index < -0.39 is 9.12 Å². The minimum absolute atomic E-state index is 0.648. The van der Waals surface area contributed by atoms with E-state index in [1.165, 1.54) is 51.9 Å². The predicted octanol–water partition coefficient (Wildman–Crippen LogP) is 4.22. The SMILES string of the molecule is CCC=C[Si](N(CCC)CCC)N(CCC)CCC. The van der Waals surface area contributed by atoms with Gasteiger partial charge in [0.1, 0.15) is 0 Å². The van der Waals surface area contributed by atoms with Gasteiger partial charge in [-0.05, 0) is 58.3 Å². The maximum absolute atomic E-state index is 2.75. The maximum Gasteiger partial charge on any atom is 0.258 e. The van der Waals surface area contributed by atoms with Crippen LogP contribution in [-0.2, 0) is 0 Å². The summed E-state index contributed by atoms with van der Waals surface area (Å²) in [6, 6.07) is 0. The second kappa shape index (κ2) is 12.9. The molecule has 0 aromatic rings. The van der Waals surface area contributed by atoms with Gasteiger partial charge in [0.25, 0.3) is 9.12 Å². The van der Waals surface area contributed by atoms with Crippen LogP contribution in [0.3, 0.4) is 0 Å². The summed E-state index contributed by atoms with van der Waals surface area (Å²) in [5.74, 6) is 0. The first kappa shape index (κ1) is 18.9. The lowest BCUT2D eigenvalue weighted by Gasteiger charge is -2.35. The predicted molar refractivity (Wildman–Crippen MR) is 89.5 cm³/mol. The quantitative estimate of drug-likeness (QED) is 0.495. The van der Waals surface area contributed by atoms with Crippen molar-refractivity contribution < 1.29 is 0 Å². The van der Waals surface area contributed by atoms with Crippen LogP contribution < -0.4 is 0 Å². The Balaban J connectivity index is 4.92. The van der Waals surface area contributed by atoms with Gasteiger partial charge in [0, 0.05) is 0 Å². The zero-order chi connectivity index (χ0) is 14.5. The van der Waals surface area contributed by atoms with Gasteiger partial charge in [0.2, 0.25) is 0 Å². The highest BCUT2D eigenvalue weighted by Gasteiger charge is 2.24. The number of hydrogen-bond donors (Lipinski definition) is 0. The van der Waals surface area contributed by atoms with Crippen LogP contribution in [0, 0.1) is 0 Å².